The molecule has 0 aliphatic carbocycles. The summed E-state index contributed by atoms with van der Waals surface area (Å²) in [5.74, 6) is 0.790. The molecule has 1 atom stereocenters. The molecule has 2 N–H and O–H groups in total. The van der Waals surface area contributed by atoms with E-state index in [2.05, 4.69) is 32.6 Å². The lowest BCUT2D eigenvalue weighted by Crippen LogP contribution is -2.50. The fraction of sp³-hybridized carbons (Fsp3) is 0.933. The van der Waals surface area contributed by atoms with Crippen molar-refractivity contribution >= 4 is 5.91 Å². The van der Waals surface area contributed by atoms with Crippen molar-refractivity contribution < 1.29 is 4.79 Å². The van der Waals surface area contributed by atoms with Gasteiger partial charge in [-0.25, -0.2) is 0 Å². The Hall–Kier alpha value is -0.610. The van der Waals surface area contributed by atoms with E-state index in [1.54, 1.807) is 0 Å². The van der Waals surface area contributed by atoms with Crippen molar-refractivity contribution in [1.82, 2.24) is 9.80 Å². The zero-order chi connectivity index (χ0) is 14.5. The topological polar surface area (TPSA) is 49.6 Å². The predicted octanol–water partition coefficient (Wildman–Crippen LogP) is 1.55. The molecule has 0 aromatic carbocycles. The first-order valence-corrected chi connectivity index (χ1v) is 7.52. The molecule has 4 nitrogen and oxygen atoms in total. The molecular formula is C15H31N3O. The third-order valence-corrected chi connectivity index (χ3v) is 3.65. The molecule has 1 amide bonds. The maximum Gasteiger partial charge on any atom is 0.222 e. The molecular weight excluding hydrogens is 238 g/mol. The number of amides is 1. The SMILES string of the molecule is CC(CC(=O)N1CCN(CCN)CC1)CC(C)(C)C. The maximum absolute atomic E-state index is 12.2. The van der Waals surface area contributed by atoms with Crippen LogP contribution in [-0.2, 0) is 4.79 Å². The summed E-state index contributed by atoms with van der Waals surface area (Å²) in [4.78, 5) is 16.6. The van der Waals surface area contributed by atoms with Crippen LogP contribution in [0.25, 0.3) is 0 Å². The van der Waals surface area contributed by atoms with Gasteiger partial charge in [-0.1, -0.05) is 27.7 Å². The number of carbonyl (C=O) groups is 1. The van der Waals surface area contributed by atoms with Crippen LogP contribution in [-0.4, -0.2) is 55.0 Å². The number of rotatable bonds is 5. The van der Waals surface area contributed by atoms with Gasteiger partial charge >= 0.3 is 0 Å². The average Bonchev–Trinajstić information content (AvgIpc) is 2.27. The van der Waals surface area contributed by atoms with Gasteiger partial charge in [-0.05, 0) is 17.8 Å². The number of piperazine rings is 1. The van der Waals surface area contributed by atoms with Gasteiger partial charge in [0, 0.05) is 45.7 Å². The summed E-state index contributed by atoms with van der Waals surface area (Å²) in [6.07, 6.45) is 1.79. The van der Waals surface area contributed by atoms with Gasteiger partial charge in [0.25, 0.3) is 0 Å². The highest BCUT2D eigenvalue weighted by atomic mass is 16.2. The summed E-state index contributed by atoms with van der Waals surface area (Å²) in [7, 11) is 0. The normalized spacial score (nSPS) is 19.5. The Balaban J connectivity index is 2.31. The third-order valence-electron chi connectivity index (χ3n) is 3.65. The molecule has 1 fully saturated rings. The fourth-order valence-electron chi connectivity index (χ4n) is 2.95. The summed E-state index contributed by atoms with van der Waals surface area (Å²) in [6, 6.07) is 0. The molecule has 1 saturated heterocycles. The summed E-state index contributed by atoms with van der Waals surface area (Å²) < 4.78 is 0. The van der Waals surface area contributed by atoms with Crippen molar-refractivity contribution in [3.63, 3.8) is 0 Å². The second-order valence-electron chi connectivity index (χ2n) is 7.09. The highest BCUT2D eigenvalue weighted by Gasteiger charge is 2.23. The molecule has 0 radical (unpaired) electrons. The highest BCUT2D eigenvalue weighted by molar-refractivity contribution is 5.76. The summed E-state index contributed by atoms with van der Waals surface area (Å²) in [6.45, 7) is 14.2. The van der Waals surface area contributed by atoms with Crippen LogP contribution in [0.4, 0.5) is 0 Å². The fourth-order valence-corrected chi connectivity index (χ4v) is 2.95. The molecule has 0 aromatic rings. The van der Waals surface area contributed by atoms with E-state index < -0.39 is 0 Å². The van der Waals surface area contributed by atoms with Crippen molar-refractivity contribution in [1.29, 1.82) is 0 Å². The minimum Gasteiger partial charge on any atom is -0.340 e. The van der Waals surface area contributed by atoms with Gasteiger partial charge < -0.3 is 10.6 Å². The Morgan fingerprint density at radius 3 is 2.26 bits per heavy atom. The molecule has 0 spiro atoms. The highest BCUT2D eigenvalue weighted by Crippen LogP contribution is 2.26. The second-order valence-corrected chi connectivity index (χ2v) is 7.09. The lowest BCUT2D eigenvalue weighted by molar-refractivity contribution is -0.134. The molecule has 0 saturated carbocycles. The van der Waals surface area contributed by atoms with Crippen molar-refractivity contribution in [3.8, 4) is 0 Å². The van der Waals surface area contributed by atoms with E-state index >= 15 is 0 Å². The van der Waals surface area contributed by atoms with Crippen LogP contribution in [0.3, 0.4) is 0 Å². The van der Waals surface area contributed by atoms with Crippen LogP contribution < -0.4 is 5.73 Å². The lowest BCUT2D eigenvalue weighted by Gasteiger charge is -2.35. The minimum atomic E-state index is 0.305. The quantitative estimate of drug-likeness (QED) is 0.824. The number of hydrogen-bond acceptors (Lipinski definition) is 3. The van der Waals surface area contributed by atoms with Gasteiger partial charge in [-0.3, -0.25) is 9.69 Å². The van der Waals surface area contributed by atoms with Crippen molar-refractivity contribution in [2.24, 2.45) is 17.1 Å². The summed E-state index contributed by atoms with van der Waals surface area (Å²) in [5, 5.41) is 0. The molecule has 0 aromatic heterocycles. The zero-order valence-corrected chi connectivity index (χ0v) is 13.1. The van der Waals surface area contributed by atoms with E-state index in [9.17, 15) is 4.79 Å². The summed E-state index contributed by atoms with van der Waals surface area (Å²) >= 11 is 0. The average molecular weight is 269 g/mol. The molecule has 1 unspecified atom stereocenters. The first-order chi connectivity index (χ1) is 8.81. The Kier molecular flexibility index (Phi) is 6.27. The van der Waals surface area contributed by atoms with Crippen LogP contribution >= 0.6 is 0 Å². The monoisotopic (exact) mass is 269 g/mol. The molecule has 112 valence electrons. The minimum absolute atomic E-state index is 0.305. The molecule has 1 heterocycles. The van der Waals surface area contributed by atoms with Gasteiger partial charge in [0.2, 0.25) is 5.91 Å². The maximum atomic E-state index is 12.2. The molecule has 1 aliphatic heterocycles. The van der Waals surface area contributed by atoms with Crippen molar-refractivity contribution in [2.75, 3.05) is 39.3 Å². The van der Waals surface area contributed by atoms with E-state index in [1.165, 1.54) is 0 Å². The largest absolute Gasteiger partial charge is 0.340 e. The Morgan fingerprint density at radius 2 is 1.79 bits per heavy atom. The molecule has 0 bridgehead atoms. The van der Waals surface area contributed by atoms with Crippen LogP contribution in [0, 0.1) is 11.3 Å². The van der Waals surface area contributed by atoms with Gasteiger partial charge in [-0.15, -0.1) is 0 Å². The smallest absolute Gasteiger partial charge is 0.222 e. The number of nitrogens with zero attached hydrogens (tertiary/aromatic N) is 2. The number of nitrogens with two attached hydrogens (primary N) is 1. The van der Waals surface area contributed by atoms with Crippen molar-refractivity contribution in [3.05, 3.63) is 0 Å². The second kappa shape index (κ2) is 7.25. The third kappa shape index (κ3) is 6.39. The van der Waals surface area contributed by atoms with Gasteiger partial charge in [0.1, 0.15) is 0 Å². The first-order valence-electron chi connectivity index (χ1n) is 7.52. The Bertz CT molecular complexity index is 278. The van der Waals surface area contributed by atoms with Crippen molar-refractivity contribution in [2.45, 2.75) is 40.5 Å². The van der Waals surface area contributed by atoms with Gasteiger partial charge in [-0.2, -0.15) is 0 Å². The first kappa shape index (κ1) is 16.4. The van der Waals surface area contributed by atoms with Crippen LogP contribution in [0.2, 0.25) is 0 Å². The predicted molar refractivity (Wildman–Crippen MR) is 79.9 cm³/mol. The standard InChI is InChI=1S/C15H31N3O/c1-13(12-15(2,3)4)11-14(19)18-9-7-17(6-5-16)8-10-18/h13H,5-12,16H2,1-4H3. The molecule has 19 heavy (non-hydrogen) atoms. The van der Waals surface area contributed by atoms with E-state index in [0.717, 1.165) is 39.1 Å². The van der Waals surface area contributed by atoms with E-state index in [-0.39, 0.29) is 0 Å². The van der Waals surface area contributed by atoms with Crippen LogP contribution in [0.5, 0.6) is 0 Å². The Morgan fingerprint density at radius 1 is 1.21 bits per heavy atom. The van der Waals surface area contributed by atoms with Gasteiger partial charge in [0.15, 0.2) is 0 Å². The van der Waals surface area contributed by atoms with E-state index in [0.29, 0.717) is 30.2 Å². The molecule has 1 rings (SSSR count). The van der Waals surface area contributed by atoms with Crippen LogP contribution in [0.1, 0.15) is 40.5 Å². The molecule has 1 aliphatic rings. The van der Waals surface area contributed by atoms with Gasteiger partial charge in [0.05, 0.1) is 0 Å². The zero-order valence-electron chi connectivity index (χ0n) is 13.1. The Labute approximate surface area is 118 Å². The van der Waals surface area contributed by atoms with E-state index in [1.807, 2.05) is 4.90 Å². The van der Waals surface area contributed by atoms with Crippen LogP contribution in [0.15, 0.2) is 0 Å². The lowest BCUT2D eigenvalue weighted by atomic mass is 9.84. The van der Waals surface area contributed by atoms with E-state index in [4.69, 9.17) is 5.73 Å². The number of hydrogen-bond donors (Lipinski definition) is 1. The molecule has 4 heteroatoms. The summed E-state index contributed by atoms with van der Waals surface area (Å²) in [5.41, 5.74) is 5.86. The number of carbonyl (C=O) groups excluding carboxylic acids is 1.